The van der Waals surface area contributed by atoms with Crippen molar-refractivity contribution in [3.05, 3.63) is 36.5 Å². The maximum Gasteiger partial charge on any atom is 0.220 e. The molecule has 9 heteroatoms. The minimum absolute atomic E-state index is 0.195. The second-order valence-electron chi connectivity index (χ2n) is 17.6. The SMILES string of the molecule is CCCCCCC/C=C\CCCCCCCC(=O)NC(COC1OC(CO)C(O)C(O)C1O)C(O)/C=C/CC/C=C/CCCCCCCCCCCCCCCCCCC. The van der Waals surface area contributed by atoms with Crippen molar-refractivity contribution < 1.29 is 39.8 Å². The maximum absolute atomic E-state index is 13.0. The Labute approximate surface area is 368 Å². The van der Waals surface area contributed by atoms with E-state index in [2.05, 4.69) is 43.5 Å². The van der Waals surface area contributed by atoms with Crippen LogP contribution in [0.5, 0.6) is 0 Å². The summed E-state index contributed by atoms with van der Waals surface area (Å²) in [6.45, 7) is 3.75. The van der Waals surface area contributed by atoms with Gasteiger partial charge in [0.05, 0.1) is 25.4 Å². The third-order valence-electron chi connectivity index (χ3n) is 11.9. The Morgan fingerprint density at radius 2 is 0.950 bits per heavy atom. The number of aliphatic hydroxyl groups is 5. The van der Waals surface area contributed by atoms with Crippen LogP contribution in [0.2, 0.25) is 0 Å². The summed E-state index contributed by atoms with van der Waals surface area (Å²) in [7, 11) is 0. The number of rotatable bonds is 42. The number of amides is 1. The number of hydrogen-bond acceptors (Lipinski definition) is 8. The molecule has 0 aromatic rings. The van der Waals surface area contributed by atoms with Crippen molar-refractivity contribution in [2.24, 2.45) is 0 Å². The van der Waals surface area contributed by atoms with Gasteiger partial charge in [-0.3, -0.25) is 4.79 Å². The fourth-order valence-corrected chi connectivity index (χ4v) is 7.87. The van der Waals surface area contributed by atoms with Gasteiger partial charge in [-0.05, 0) is 57.8 Å². The first-order valence-electron chi connectivity index (χ1n) is 25.2. The molecule has 9 nitrogen and oxygen atoms in total. The Morgan fingerprint density at radius 3 is 1.40 bits per heavy atom. The van der Waals surface area contributed by atoms with E-state index in [-0.39, 0.29) is 12.5 Å². The van der Waals surface area contributed by atoms with E-state index in [0.29, 0.717) is 6.42 Å². The summed E-state index contributed by atoms with van der Waals surface area (Å²) >= 11 is 0. The van der Waals surface area contributed by atoms with Crippen molar-refractivity contribution in [3.8, 4) is 0 Å². The molecule has 1 heterocycles. The number of nitrogens with one attached hydrogen (secondary N) is 1. The van der Waals surface area contributed by atoms with Crippen LogP contribution in [0.4, 0.5) is 0 Å². The second-order valence-corrected chi connectivity index (χ2v) is 17.6. The van der Waals surface area contributed by atoms with Crippen molar-refractivity contribution >= 4 is 5.91 Å². The van der Waals surface area contributed by atoms with Crippen molar-refractivity contribution in [2.75, 3.05) is 13.2 Å². The molecule has 0 aromatic carbocycles. The average Bonchev–Trinajstić information content (AvgIpc) is 3.25. The van der Waals surface area contributed by atoms with Gasteiger partial charge in [0.2, 0.25) is 5.91 Å². The molecule has 0 aliphatic carbocycles. The van der Waals surface area contributed by atoms with E-state index in [4.69, 9.17) is 9.47 Å². The molecule has 60 heavy (non-hydrogen) atoms. The molecule has 1 rings (SSSR count). The number of hydrogen-bond donors (Lipinski definition) is 6. The summed E-state index contributed by atoms with van der Waals surface area (Å²) in [5, 5.41) is 54.2. The lowest BCUT2D eigenvalue weighted by Crippen LogP contribution is -2.60. The van der Waals surface area contributed by atoms with Crippen LogP contribution in [-0.4, -0.2) is 87.5 Å². The molecule has 1 aliphatic heterocycles. The van der Waals surface area contributed by atoms with E-state index in [1.165, 1.54) is 148 Å². The first-order chi connectivity index (χ1) is 29.3. The summed E-state index contributed by atoms with van der Waals surface area (Å²) in [5.41, 5.74) is 0. The normalized spacial score (nSPS) is 20.8. The molecule has 6 N–H and O–H groups in total. The van der Waals surface area contributed by atoms with Gasteiger partial charge in [0.1, 0.15) is 24.4 Å². The number of carbonyl (C=O) groups is 1. The highest BCUT2D eigenvalue weighted by molar-refractivity contribution is 5.76. The van der Waals surface area contributed by atoms with E-state index < -0.39 is 49.5 Å². The van der Waals surface area contributed by atoms with Crippen LogP contribution in [0.1, 0.15) is 226 Å². The van der Waals surface area contributed by atoms with Gasteiger partial charge in [0.15, 0.2) is 6.29 Å². The van der Waals surface area contributed by atoms with Crippen LogP contribution < -0.4 is 5.32 Å². The lowest BCUT2D eigenvalue weighted by Gasteiger charge is -2.40. The third kappa shape index (κ3) is 31.3. The zero-order valence-corrected chi connectivity index (χ0v) is 38.7. The lowest BCUT2D eigenvalue weighted by molar-refractivity contribution is -0.302. The van der Waals surface area contributed by atoms with Crippen LogP contribution in [0.3, 0.4) is 0 Å². The van der Waals surface area contributed by atoms with Gasteiger partial charge in [0, 0.05) is 6.42 Å². The smallest absolute Gasteiger partial charge is 0.220 e. The Balaban J connectivity index is 2.32. The molecule has 1 aliphatic rings. The number of unbranched alkanes of at least 4 members (excludes halogenated alkanes) is 28. The molecule has 1 amide bonds. The summed E-state index contributed by atoms with van der Waals surface area (Å²) < 4.78 is 11.2. The van der Waals surface area contributed by atoms with Gasteiger partial charge in [-0.1, -0.05) is 198 Å². The van der Waals surface area contributed by atoms with E-state index in [0.717, 1.165) is 57.8 Å². The Kier molecular flexibility index (Phi) is 39.0. The highest BCUT2D eigenvalue weighted by Crippen LogP contribution is 2.23. The average molecular weight is 850 g/mol. The fraction of sp³-hybridized carbons (Fsp3) is 0.863. The number of carbonyl (C=O) groups excluding carboxylic acids is 1. The quantitative estimate of drug-likeness (QED) is 0.0263. The van der Waals surface area contributed by atoms with Crippen molar-refractivity contribution in [2.45, 2.75) is 269 Å². The molecule has 352 valence electrons. The predicted molar refractivity (Wildman–Crippen MR) is 249 cm³/mol. The van der Waals surface area contributed by atoms with Gasteiger partial charge in [-0.25, -0.2) is 0 Å². The van der Waals surface area contributed by atoms with Gasteiger partial charge in [-0.15, -0.1) is 0 Å². The van der Waals surface area contributed by atoms with Gasteiger partial charge in [-0.2, -0.15) is 0 Å². The van der Waals surface area contributed by atoms with Gasteiger partial charge >= 0.3 is 0 Å². The molecule has 7 unspecified atom stereocenters. The number of allylic oxidation sites excluding steroid dienone is 5. The van der Waals surface area contributed by atoms with E-state index in [1.807, 2.05) is 6.08 Å². The van der Waals surface area contributed by atoms with E-state index in [9.17, 15) is 30.3 Å². The molecular formula is C51H95NO8. The Bertz CT molecular complexity index is 1030. The van der Waals surface area contributed by atoms with Gasteiger partial charge < -0.3 is 40.3 Å². The largest absolute Gasteiger partial charge is 0.394 e. The molecule has 0 spiro atoms. The summed E-state index contributed by atoms with van der Waals surface area (Å²) in [6.07, 6.45) is 44.9. The monoisotopic (exact) mass is 850 g/mol. The standard InChI is InChI=1S/C51H95NO8/c1-3-5-7-9-11-13-15-17-19-20-21-22-23-24-25-26-27-28-30-32-34-36-38-40-45(54)44(43-59-51-50(58)49(57)48(56)46(42-53)60-51)52-47(55)41-39-37-35-33-31-29-18-16-14-12-10-8-6-4-2/h16,18,30,32,38,40,44-46,48-51,53-54,56-58H,3-15,17,19-29,31,33-37,39,41-43H2,1-2H3,(H,52,55)/b18-16-,32-30+,40-38+. The zero-order valence-electron chi connectivity index (χ0n) is 38.7. The fourth-order valence-electron chi connectivity index (χ4n) is 7.87. The number of ether oxygens (including phenoxy) is 2. The highest BCUT2D eigenvalue weighted by atomic mass is 16.7. The summed E-state index contributed by atoms with van der Waals surface area (Å²) in [6, 6.07) is -0.824. The first-order valence-corrected chi connectivity index (χ1v) is 25.2. The Morgan fingerprint density at radius 1 is 0.550 bits per heavy atom. The highest BCUT2D eigenvalue weighted by Gasteiger charge is 2.44. The second kappa shape index (κ2) is 41.4. The molecule has 0 saturated carbocycles. The van der Waals surface area contributed by atoms with Crippen molar-refractivity contribution in [1.29, 1.82) is 0 Å². The molecule has 7 atom stereocenters. The molecule has 0 bridgehead atoms. The Hall–Kier alpha value is -1.59. The maximum atomic E-state index is 13.0. The van der Waals surface area contributed by atoms with Crippen LogP contribution >= 0.6 is 0 Å². The van der Waals surface area contributed by atoms with E-state index in [1.54, 1.807) is 6.08 Å². The molecule has 0 aromatic heterocycles. The van der Waals surface area contributed by atoms with Crippen LogP contribution in [0, 0.1) is 0 Å². The van der Waals surface area contributed by atoms with Gasteiger partial charge in [0.25, 0.3) is 0 Å². The molecular weight excluding hydrogens is 755 g/mol. The lowest BCUT2D eigenvalue weighted by atomic mass is 9.99. The topological polar surface area (TPSA) is 149 Å². The van der Waals surface area contributed by atoms with E-state index >= 15 is 0 Å². The first kappa shape index (κ1) is 56.4. The molecule has 0 radical (unpaired) electrons. The number of aliphatic hydroxyl groups excluding tert-OH is 5. The van der Waals surface area contributed by atoms with Crippen molar-refractivity contribution in [1.82, 2.24) is 5.32 Å². The summed E-state index contributed by atoms with van der Waals surface area (Å²) in [5.74, 6) is -0.195. The molecule has 1 saturated heterocycles. The zero-order chi connectivity index (χ0) is 43.7. The van der Waals surface area contributed by atoms with Crippen molar-refractivity contribution in [3.63, 3.8) is 0 Å². The minimum Gasteiger partial charge on any atom is -0.394 e. The van der Waals surface area contributed by atoms with Crippen LogP contribution in [-0.2, 0) is 14.3 Å². The van der Waals surface area contributed by atoms with Crippen LogP contribution in [0.25, 0.3) is 0 Å². The third-order valence-corrected chi connectivity index (χ3v) is 11.9. The summed E-state index contributed by atoms with van der Waals surface area (Å²) in [4.78, 5) is 13.0. The predicted octanol–water partition coefficient (Wildman–Crippen LogP) is 11.2. The van der Waals surface area contributed by atoms with Crippen LogP contribution in [0.15, 0.2) is 36.5 Å². The minimum atomic E-state index is -1.57. The molecule has 1 fully saturated rings.